The highest BCUT2D eigenvalue weighted by atomic mass is 19.1. The maximum absolute atomic E-state index is 14.4. The van der Waals surface area contributed by atoms with Crippen LogP contribution in [0.15, 0.2) is 30.7 Å². The van der Waals surface area contributed by atoms with Crippen molar-refractivity contribution >= 4 is 10.9 Å². The Morgan fingerprint density at radius 1 is 1.48 bits per heavy atom. The molecule has 23 heavy (non-hydrogen) atoms. The molecule has 0 aliphatic carbocycles. The molecule has 0 saturated carbocycles. The molecule has 0 saturated heterocycles. The van der Waals surface area contributed by atoms with Gasteiger partial charge in [-0.1, -0.05) is 11.8 Å². The van der Waals surface area contributed by atoms with Crippen LogP contribution in [0, 0.1) is 17.7 Å². The van der Waals surface area contributed by atoms with Gasteiger partial charge in [-0.25, -0.2) is 4.39 Å². The van der Waals surface area contributed by atoms with E-state index in [9.17, 15) is 9.50 Å². The molecule has 5 heteroatoms. The van der Waals surface area contributed by atoms with E-state index in [0.717, 1.165) is 0 Å². The van der Waals surface area contributed by atoms with Crippen LogP contribution in [0.3, 0.4) is 0 Å². The molecule has 118 valence electrons. The maximum Gasteiger partial charge on any atom is 0.140 e. The van der Waals surface area contributed by atoms with E-state index < -0.39 is 11.4 Å². The second-order valence-corrected chi connectivity index (χ2v) is 5.82. The summed E-state index contributed by atoms with van der Waals surface area (Å²) < 4.78 is 32.2. The van der Waals surface area contributed by atoms with Gasteiger partial charge in [-0.05, 0) is 32.9 Å². The van der Waals surface area contributed by atoms with Crippen LogP contribution in [0.2, 0.25) is 0 Å². The molecular weight excluding hydrogens is 293 g/mol. The van der Waals surface area contributed by atoms with Gasteiger partial charge in [0.05, 0.1) is 20.0 Å². The van der Waals surface area contributed by atoms with Crippen molar-refractivity contribution in [1.29, 1.82) is 0 Å². The Hall–Kier alpha value is -2.58. The third-order valence-corrected chi connectivity index (χ3v) is 3.49. The molecule has 0 bridgehead atoms. The normalized spacial score (nSPS) is 12.7. The summed E-state index contributed by atoms with van der Waals surface area (Å²) in [4.78, 5) is 0. The van der Waals surface area contributed by atoms with E-state index in [1.165, 1.54) is 19.9 Å². The van der Waals surface area contributed by atoms with Crippen molar-refractivity contribution in [1.82, 2.24) is 14.8 Å². The van der Waals surface area contributed by atoms with Gasteiger partial charge in [0, 0.05) is 35.4 Å². The number of H-pyrrole nitrogens is 1. The molecule has 2 N–H and O–H groups in total. The van der Waals surface area contributed by atoms with Gasteiger partial charge >= 0.3 is 0 Å². The van der Waals surface area contributed by atoms with Crippen molar-refractivity contribution in [2.75, 3.05) is 0 Å². The van der Waals surface area contributed by atoms with Crippen LogP contribution in [0.25, 0.3) is 22.0 Å². The molecule has 2 aromatic heterocycles. The average Bonchev–Trinajstić information content (AvgIpc) is 3.03. The quantitative estimate of drug-likeness (QED) is 0.713. The van der Waals surface area contributed by atoms with Crippen LogP contribution >= 0.6 is 0 Å². The smallest absolute Gasteiger partial charge is 0.140 e. The molecule has 0 fully saturated rings. The first-order valence-corrected chi connectivity index (χ1v) is 7.31. The summed E-state index contributed by atoms with van der Waals surface area (Å²) in [6.45, 7) is 5.60. The molecule has 3 aromatic rings. The number of aryl methyl sites for hydroxylation is 1. The molecule has 0 aliphatic rings. The largest absolute Gasteiger partial charge is 0.378 e. The molecule has 3 rings (SSSR count). The lowest BCUT2D eigenvalue weighted by Crippen LogP contribution is -2.14. The van der Waals surface area contributed by atoms with Crippen LogP contribution in [-0.2, 0) is 6.54 Å². The van der Waals surface area contributed by atoms with E-state index in [1.807, 2.05) is 11.5 Å². The lowest BCUT2D eigenvalue weighted by atomic mass is 10.0. The Balaban J connectivity index is 2.30. The first-order valence-electron chi connectivity index (χ1n) is 8.31. The Labute approximate surface area is 136 Å². The van der Waals surface area contributed by atoms with E-state index in [4.69, 9.17) is 2.74 Å². The molecule has 0 radical (unpaired) electrons. The monoisotopic (exact) mass is 313 g/mol. The van der Waals surface area contributed by atoms with Crippen molar-refractivity contribution in [2.24, 2.45) is 0 Å². The second kappa shape index (κ2) is 5.56. The van der Waals surface area contributed by atoms with Crippen LogP contribution < -0.4 is 0 Å². The first-order chi connectivity index (χ1) is 11.7. The summed E-state index contributed by atoms with van der Waals surface area (Å²) >= 11 is 0. The third kappa shape index (κ3) is 2.99. The number of halogens is 1. The summed E-state index contributed by atoms with van der Waals surface area (Å²) in [7, 11) is 0. The Morgan fingerprint density at radius 3 is 2.87 bits per heavy atom. The summed E-state index contributed by atoms with van der Waals surface area (Å²) in [5, 5.41) is 16.7. The predicted molar refractivity (Wildman–Crippen MR) is 88.3 cm³/mol. The minimum absolute atomic E-state index is 0.0337. The molecule has 1 aromatic carbocycles. The van der Waals surface area contributed by atoms with Crippen LogP contribution in [0.1, 0.15) is 29.1 Å². The summed E-state index contributed by atoms with van der Waals surface area (Å²) in [5.74, 6) is 4.80. The molecule has 4 nitrogen and oxygen atoms in total. The van der Waals surface area contributed by atoms with Crippen molar-refractivity contribution in [3.8, 4) is 23.0 Å². The number of aromatic amines is 1. The topological polar surface area (TPSA) is 53.8 Å². The van der Waals surface area contributed by atoms with Gasteiger partial charge in [0.25, 0.3) is 0 Å². The zero-order chi connectivity index (χ0) is 18.4. The van der Waals surface area contributed by atoms with Crippen LogP contribution in [0.5, 0.6) is 0 Å². The zero-order valence-electron chi connectivity index (χ0n) is 15.2. The van der Waals surface area contributed by atoms with Crippen molar-refractivity contribution in [3.63, 3.8) is 0 Å². The van der Waals surface area contributed by atoms with E-state index in [-0.39, 0.29) is 17.9 Å². The molecule has 0 atom stereocenters. The molecule has 0 aliphatic heterocycles. The predicted octanol–water partition coefficient (Wildman–Crippen LogP) is 3.31. The van der Waals surface area contributed by atoms with Crippen molar-refractivity contribution < 1.29 is 12.2 Å². The molecule has 2 heterocycles. The average molecular weight is 313 g/mol. The number of nitrogens with one attached hydrogen (secondary N) is 1. The van der Waals surface area contributed by atoms with Crippen LogP contribution in [-0.4, -0.2) is 25.5 Å². The fraction of sp³-hybridized carbons (Fsp3) is 0.278. The van der Waals surface area contributed by atoms with Gasteiger partial charge in [0.2, 0.25) is 0 Å². The van der Waals surface area contributed by atoms with E-state index >= 15 is 0 Å². The molecule has 0 amide bonds. The third-order valence-electron chi connectivity index (χ3n) is 3.49. The van der Waals surface area contributed by atoms with Crippen LogP contribution in [0.4, 0.5) is 4.39 Å². The molecule has 0 unspecified atom stereocenters. The van der Waals surface area contributed by atoms with Gasteiger partial charge in [-0.15, -0.1) is 0 Å². The number of fused-ring (bicyclic) bond motifs is 1. The number of hydrogen-bond donors (Lipinski definition) is 2. The van der Waals surface area contributed by atoms with Crippen molar-refractivity contribution in [2.45, 2.75) is 32.9 Å². The summed E-state index contributed by atoms with van der Waals surface area (Å²) in [6.07, 6.45) is 1.79. The number of aliphatic hydroxyl groups is 1. The number of aromatic nitrogens is 3. The molecule has 0 spiro atoms. The second-order valence-electron chi connectivity index (χ2n) is 5.82. The fourth-order valence-electron chi connectivity index (χ4n) is 2.41. The van der Waals surface area contributed by atoms with Gasteiger partial charge in [0.1, 0.15) is 11.4 Å². The Kier molecular flexibility index (Phi) is 3.12. The highest BCUT2D eigenvalue weighted by Crippen LogP contribution is 2.31. The van der Waals surface area contributed by atoms with Gasteiger partial charge in [-0.2, -0.15) is 5.10 Å². The number of benzene rings is 1. The lowest BCUT2D eigenvalue weighted by Gasteiger charge is -2.06. The highest BCUT2D eigenvalue weighted by molar-refractivity contribution is 5.96. The standard InChI is InChI=1S/C18H18FN3O/c1-4-22-11-15(13-9-20-21-10-13)14-7-12(5-6-18(2,3)23)16(19)8-17(14)22/h7-11,23H,4H2,1-3H3,(H,20,21)/i9D,10D. The van der Waals surface area contributed by atoms with E-state index in [2.05, 4.69) is 22.0 Å². The number of nitrogens with zero attached hydrogens (tertiary/aromatic N) is 2. The van der Waals surface area contributed by atoms with E-state index in [1.54, 1.807) is 12.3 Å². The Bertz CT molecular complexity index is 1000. The SMILES string of the molecule is [2H]c1n[nH]c([2H])c1-c1cn(CC)c2cc(F)c(C#CC(C)(C)O)cc12. The highest BCUT2D eigenvalue weighted by Gasteiger charge is 2.14. The van der Waals surface area contributed by atoms with Gasteiger partial charge in [-0.3, -0.25) is 5.10 Å². The minimum Gasteiger partial charge on any atom is -0.378 e. The molecular formula is C18H18FN3O. The maximum atomic E-state index is 14.4. The van der Waals surface area contributed by atoms with E-state index in [0.29, 0.717) is 28.6 Å². The van der Waals surface area contributed by atoms with Crippen molar-refractivity contribution in [3.05, 3.63) is 42.1 Å². The first kappa shape index (κ1) is 12.9. The zero-order valence-corrected chi connectivity index (χ0v) is 13.2. The number of rotatable bonds is 2. The lowest BCUT2D eigenvalue weighted by molar-refractivity contribution is 0.143. The fourth-order valence-corrected chi connectivity index (χ4v) is 2.41. The Morgan fingerprint density at radius 2 is 2.26 bits per heavy atom. The van der Waals surface area contributed by atoms with Gasteiger partial charge < -0.3 is 9.67 Å². The summed E-state index contributed by atoms with van der Waals surface area (Å²) in [5.41, 5.74) is 0.583. The van der Waals surface area contributed by atoms with Gasteiger partial charge in [0.15, 0.2) is 0 Å². The minimum atomic E-state index is -1.23. The number of hydrogen-bond acceptors (Lipinski definition) is 2. The summed E-state index contributed by atoms with van der Waals surface area (Å²) in [6, 6.07) is 2.99.